The molecule has 1 saturated carbocycles. The van der Waals surface area contributed by atoms with E-state index < -0.39 is 0 Å². The first-order valence-electron chi connectivity index (χ1n) is 6.75. The number of rotatable bonds is 8. The minimum atomic E-state index is -0.0924. The molecule has 0 aromatic heterocycles. The molecular weight excluding hydrogens is 218 g/mol. The van der Waals surface area contributed by atoms with Crippen molar-refractivity contribution in [3.8, 4) is 0 Å². The fraction of sp³-hybridized carbons (Fsp3) is 1.00. The minimum Gasteiger partial charge on any atom is -0.392 e. The lowest BCUT2D eigenvalue weighted by Crippen LogP contribution is -2.42. The number of thioether (sulfide) groups is 1. The van der Waals surface area contributed by atoms with Crippen molar-refractivity contribution in [2.75, 3.05) is 18.6 Å². The molecule has 1 aliphatic carbocycles. The lowest BCUT2D eigenvalue weighted by molar-refractivity contribution is 0.0909. The van der Waals surface area contributed by atoms with Gasteiger partial charge in [0.1, 0.15) is 0 Å². The Balaban J connectivity index is 1.90. The molecule has 96 valence electrons. The smallest absolute Gasteiger partial charge is 0.0693 e. The van der Waals surface area contributed by atoms with Crippen molar-refractivity contribution in [1.29, 1.82) is 0 Å². The average Bonchev–Trinajstić information content (AvgIpc) is 2.30. The maximum Gasteiger partial charge on any atom is 0.0693 e. The van der Waals surface area contributed by atoms with Gasteiger partial charge in [0.15, 0.2) is 0 Å². The molecule has 1 rings (SSSR count). The zero-order chi connectivity index (χ0) is 11.6. The largest absolute Gasteiger partial charge is 0.392 e. The Hall–Kier alpha value is 0.270. The second kappa shape index (κ2) is 9.32. The van der Waals surface area contributed by atoms with Gasteiger partial charge in [0.2, 0.25) is 0 Å². The molecule has 3 heteroatoms. The number of hydrogen-bond acceptors (Lipinski definition) is 3. The van der Waals surface area contributed by atoms with Crippen molar-refractivity contribution < 1.29 is 5.11 Å². The summed E-state index contributed by atoms with van der Waals surface area (Å²) in [5, 5.41) is 13.3. The van der Waals surface area contributed by atoms with E-state index in [1.165, 1.54) is 44.3 Å². The van der Waals surface area contributed by atoms with Crippen molar-refractivity contribution in [3.63, 3.8) is 0 Å². The summed E-state index contributed by atoms with van der Waals surface area (Å²) in [5.41, 5.74) is 0. The van der Waals surface area contributed by atoms with Crippen LogP contribution in [0.25, 0.3) is 0 Å². The lowest BCUT2D eigenvalue weighted by atomic mass is 9.92. The van der Waals surface area contributed by atoms with E-state index in [4.69, 9.17) is 0 Å². The first-order chi connectivity index (χ1) is 7.84. The van der Waals surface area contributed by atoms with Gasteiger partial charge in [0.05, 0.1) is 6.10 Å². The fourth-order valence-corrected chi connectivity index (χ4v) is 2.85. The van der Waals surface area contributed by atoms with E-state index in [1.807, 2.05) is 11.8 Å². The Kier molecular flexibility index (Phi) is 8.34. The van der Waals surface area contributed by atoms with Gasteiger partial charge in [0, 0.05) is 6.04 Å². The highest BCUT2D eigenvalue weighted by molar-refractivity contribution is 7.98. The maximum absolute atomic E-state index is 9.78. The molecule has 16 heavy (non-hydrogen) atoms. The van der Waals surface area contributed by atoms with Gasteiger partial charge in [-0.05, 0) is 44.2 Å². The zero-order valence-corrected chi connectivity index (χ0v) is 11.4. The van der Waals surface area contributed by atoms with Gasteiger partial charge in [0.25, 0.3) is 0 Å². The second-order valence-corrected chi connectivity index (χ2v) is 5.81. The van der Waals surface area contributed by atoms with Crippen LogP contribution in [0, 0.1) is 0 Å². The van der Waals surface area contributed by atoms with Crippen molar-refractivity contribution in [2.24, 2.45) is 0 Å². The van der Waals surface area contributed by atoms with Crippen molar-refractivity contribution >= 4 is 11.8 Å². The number of aliphatic hydroxyl groups excluding tert-OH is 1. The highest BCUT2D eigenvalue weighted by Crippen LogP contribution is 2.18. The van der Waals surface area contributed by atoms with Gasteiger partial charge in [-0.15, -0.1) is 0 Å². The van der Waals surface area contributed by atoms with E-state index in [-0.39, 0.29) is 6.10 Å². The molecule has 0 amide bonds. The third kappa shape index (κ3) is 6.12. The number of aliphatic hydroxyl groups is 1. The minimum absolute atomic E-state index is 0.0924. The topological polar surface area (TPSA) is 32.3 Å². The van der Waals surface area contributed by atoms with Gasteiger partial charge in [-0.2, -0.15) is 11.8 Å². The van der Waals surface area contributed by atoms with Crippen molar-refractivity contribution in [2.45, 2.75) is 63.5 Å². The molecule has 0 radical (unpaired) electrons. The third-order valence-corrected chi connectivity index (χ3v) is 4.11. The Morgan fingerprint density at radius 3 is 2.62 bits per heavy atom. The first kappa shape index (κ1) is 14.3. The van der Waals surface area contributed by atoms with Crippen LogP contribution in [0.15, 0.2) is 0 Å². The van der Waals surface area contributed by atoms with E-state index >= 15 is 0 Å². The molecule has 0 bridgehead atoms. The molecule has 0 aromatic rings. The van der Waals surface area contributed by atoms with Gasteiger partial charge >= 0.3 is 0 Å². The van der Waals surface area contributed by atoms with Gasteiger partial charge in [-0.1, -0.05) is 25.7 Å². The second-order valence-electron chi connectivity index (χ2n) is 4.82. The molecule has 2 N–H and O–H groups in total. The van der Waals surface area contributed by atoms with Gasteiger partial charge in [-0.3, -0.25) is 0 Å². The summed E-state index contributed by atoms with van der Waals surface area (Å²) < 4.78 is 0. The van der Waals surface area contributed by atoms with Crippen molar-refractivity contribution in [1.82, 2.24) is 5.32 Å². The summed E-state index contributed by atoms with van der Waals surface area (Å²) in [4.78, 5) is 0. The molecule has 1 aliphatic rings. The highest BCUT2D eigenvalue weighted by atomic mass is 32.2. The molecule has 0 heterocycles. The third-order valence-electron chi connectivity index (χ3n) is 3.41. The summed E-state index contributed by atoms with van der Waals surface area (Å²) in [7, 11) is 0. The van der Waals surface area contributed by atoms with Gasteiger partial charge in [-0.25, -0.2) is 0 Å². The van der Waals surface area contributed by atoms with Crippen LogP contribution in [0.3, 0.4) is 0 Å². The van der Waals surface area contributed by atoms with Crippen LogP contribution < -0.4 is 5.32 Å². The molecular formula is C13H27NOS. The van der Waals surface area contributed by atoms with Crippen molar-refractivity contribution in [3.05, 3.63) is 0 Å². The van der Waals surface area contributed by atoms with Crippen LogP contribution in [-0.2, 0) is 0 Å². The molecule has 2 nitrogen and oxygen atoms in total. The highest BCUT2D eigenvalue weighted by Gasteiger charge is 2.21. The monoisotopic (exact) mass is 245 g/mol. The Bertz CT molecular complexity index is 166. The number of hydrogen-bond donors (Lipinski definition) is 2. The predicted octanol–water partition coefficient (Wildman–Crippen LogP) is 2.80. The van der Waals surface area contributed by atoms with E-state index in [2.05, 4.69) is 11.6 Å². The molecule has 0 aromatic carbocycles. The van der Waals surface area contributed by atoms with Crippen LogP contribution in [0.1, 0.15) is 51.4 Å². The van der Waals surface area contributed by atoms with Crippen LogP contribution >= 0.6 is 11.8 Å². The first-order valence-corrected chi connectivity index (χ1v) is 8.14. The summed E-state index contributed by atoms with van der Waals surface area (Å²) in [5.74, 6) is 1.30. The fourth-order valence-electron chi connectivity index (χ4n) is 2.36. The molecule has 0 unspecified atom stereocenters. The van der Waals surface area contributed by atoms with Crippen LogP contribution in [-0.4, -0.2) is 35.8 Å². The number of unbranched alkanes of at least 4 members (excludes halogenated alkanes) is 3. The molecule has 0 aliphatic heterocycles. The summed E-state index contributed by atoms with van der Waals surface area (Å²) >= 11 is 1.94. The Labute approximate surface area is 105 Å². The molecule has 0 saturated heterocycles. The predicted molar refractivity (Wildman–Crippen MR) is 73.1 cm³/mol. The zero-order valence-electron chi connectivity index (χ0n) is 10.6. The molecule has 0 spiro atoms. The average molecular weight is 245 g/mol. The summed E-state index contributed by atoms with van der Waals surface area (Å²) in [6, 6.07) is 0.375. The summed E-state index contributed by atoms with van der Waals surface area (Å²) in [6.07, 6.45) is 12.0. The standard InChI is InChI=1S/C13H27NOS/c1-16-11-7-3-2-6-10-14-12-8-4-5-9-13(12)15/h12-15H,2-11H2,1H3/t12-,13-/m0/s1. The maximum atomic E-state index is 9.78. The number of nitrogens with one attached hydrogen (secondary N) is 1. The molecule has 1 fully saturated rings. The van der Waals surface area contributed by atoms with Crippen LogP contribution in [0.5, 0.6) is 0 Å². The van der Waals surface area contributed by atoms with E-state index in [9.17, 15) is 5.11 Å². The Morgan fingerprint density at radius 2 is 1.88 bits per heavy atom. The lowest BCUT2D eigenvalue weighted by Gasteiger charge is -2.28. The van der Waals surface area contributed by atoms with Crippen LogP contribution in [0.4, 0.5) is 0 Å². The van der Waals surface area contributed by atoms with E-state index in [0.29, 0.717) is 6.04 Å². The normalized spacial score (nSPS) is 25.9. The van der Waals surface area contributed by atoms with Gasteiger partial charge < -0.3 is 10.4 Å². The molecule has 2 atom stereocenters. The van der Waals surface area contributed by atoms with E-state index in [1.54, 1.807) is 0 Å². The quantitative estimate of drug-likeness (QED) is 0.645. The van der Waals surface area contributed by atoms with E-state index in [0.717, 1.165) is 19.4 Å². The van der Waals surface area contributed by atoms with Crippen LogP contribution in [0.2, 0.25) is 0 Å². The Morgan fingerprint density at radius 1 is 1.12 bits per heavy atom. The SMILES string of the molecule is CSCCCCCCN[C@H]1CCCC[C@@H]1O. The summed E-state index contributed by atoms with van der Waals surface area (Å²) in [6.45, 7) is 1.08.